The van der Waals surface area contributed by atoms with Gasteiger partial charge in [-0.25, -0.2) is 8.42 Å². The van der Waals surface area contributed by atoms with Gasteiger partial charge in [0.1, 0.15) is 0 Å². The lowest BCUT2D eigenvalue weighted by Gasteiger charge is -2.32. The number of benzene rings is 2. The van der Waals surface area contributed by atoms with Gasteiger partial charge in [0.2, 0.25) is 10.0 Å². The number of carbonyl (C=O) groups is 1. The van der Waals surface area contributed by atoms with Crippen molar-refractivity contribution < 1.29 is 18.3 Å². The minimum atomic E-state index is -3.72. The maximum absolute atomic E-state index is 12.8. The van der Waals surface area contributed by atoms with Crippen LogP contribution < -0.4 is 4.90 Å². The average Bonchev–Trinajstić information content (AvgIpc) is 2.70. The molecule has 6 nitrogen and oxygen atoms in total. The van der Waals surface area contributed by atoms with Gasteiger partial charge in [0.15, 0.2) is 0 Å². The molecule has 2 aromatic rings. The Labute approximate surface area is 180 Å². The van der Waals surface area contributed by atoms with Crippen LogP contribution in [-0.2, 0) is 21.4 Å². The average molecular weight is 457 g/mol. The number of hydrogen-bond acceptors (Lipinski definition) is 4. The number of halogens is 2. The highest BCUT2D eigenvalue weighted by Crippen LogP contribution is 2.28. The van der Waals surface area contributed by atoms with Crippen molar-refractivity contribution in [2.45, 2.75) is 24.3 Å². The molecule has 1 aliphatic rings. The maximum Gasteiger partial charge on any atom is 0.306 e. The number of aliphatic carboxylic acids is 1. The molecule has 0 spiro atoms. The highest BCUT2D eigenvalue weighted by Gasteiger charge is 2.25. The molecule has 1 heterocycles. The Morgan fingerprint density at radius 2 is 1.83 bits per heavy atom. The SMILES string of the molecule is CN(Cc1cccc(N2CCC(C(=O)O)CC2)c1)S(=O)(=O)c1ccc(Cl)c(Cl)c1. The van der Waals surface area contributed by atoms with Crippen LogP contribution in [-0.4, -0.2) is 43.9 Å². The second-order valence-corrected chi connectivity index (χ2v) is 9.97. The molecule has 0 radical (unpaired) electrons. The zero-order chi connectivity index (χ0) is 21.2. The third kappa shape index (κ3) is 5.04. The van der Waals surface area contributed by atoms with Crippen LogP contribution >= 0.6 is 23.2 Å². The summed E-state index contributed by atoms with van der Waals surface area (Å²) in [5, 5.41) is 9.63. The van der Waals surface area contributed by atoms with Gasteiger partial charge in [-0.2, -0.15) is 4.31 Å². The molecule has 0 bridgehead atoms. The van der Waals surface area contributed by atoms with E-state index in [-0.39, 0.29) is 22.4 Å². The Kier molecular flexibility index (Phi) is 6.73. The van der Waals surface area contributed by atoms with Crippen LogP contribution in [0.4, 0.5) is 5.69 Å². The van der Waals surface area contributed by atoms with E-state index in [0.29, 0.717) is 31.0 Å². The lowest BCUT2D eigenvalue weighted by atomic mass is 9.96. The van der Waals surface area contributed by atoms with Gasteiger partial charge in [0.05, 0.1) is 20.9 Å². The monoisotopic (exact) mass is 456 g/mol. The summed E-state index contributed by atoms with van der Waals surface area (Å²) in [5.74, 6) is -1.04. The van der Waals surface area contributed by atoms with E-state index < -0.39 is 16.0 Å². The van der Waals surface area contributed by atoms with E-state index in [2.05, 4.69) is 4.90 Å². The van der Waals surface area contributed by atoms with E-state index in [9.17, 15) is 13.2 Å². The first-order valence-electron chi connectivity index (χ1n) is 9.16. The fraction of sp³-hybridized carbons (Fsp3) is 0.350. The second-order valence-electron chi connectivity index (χ2n) is 7.11. The van der Waals surface area contributed by atoms with Crippen LogP contribution in [0.1, 0.15) is 18.4 Å². The molecule has 29 heavy (non-hydrogen) atoms. The first kappa shape index (κ1) is 21.9. The van der Waals surface area contributed by atoms with Gasteiger partial charge in [-0.05, 0) is 48.7 Å². The molecule has 9 heteroatoms. The van der Waals surface area contributed by atoms with Crippen molar-refractivity contribution in [2.75, 3.05) is 25.0 Å². The molecule has 0 aliphatic carbocycles. The number of anilines is 1. The number of sulfonamides is 1. The van der Waals surface area contributed by atoms with Crippen LogP contribution in [0.2, 0.25) is 10.0 Å². The standard InChI is InChI=1S/C20H22Cl2N2O4S/c1-23(29(27,28)17-5-6-18(21)19(22)12-17)13-14-3-2-4-16(11-14)24-9-7-15(8-10-24)20(25)26/h2-6,11-12,15H,7-10,13H2,1H3,(H,25,26). The number of rotatable bonds is 6. The molecular formula is C20H22Cl2N2O4S. The number of carboxylic acid groups (broad SMARTS) is 1. The van der Waals surface area contributed by atoms with Crippen molar-refractivity contribution in [3.63, 3.8) is 0 Å². The molecule has 0 aromatic heterocycles. The molecule has 0 atom stereocenters. The second kappa shape index (κ2) is 8.92. The summed E-state index contributed by atoms with van der Waals surface area (Å²) in [6, 6.07) is 11.9. The van der Waals surface area contributed by atoms with Crippen molar-refractivity contribution in [3.8, 4) is 0 Å². The molecule has 0 amide bonds. The van der Waals surface area contributed by atoms with Gasteiger partial charge >= 0.3 is 5.97 Å². The summed E-state index contributed by atoms with van der Waals surface area (Å²) >= 11 is 11.8. The summed E-state index contributed by atoms with van der Waals surface area (Å²) in [7, 11) is -2.20. The topological polar surface area (TPSA) is 77.9 Å². The maximum atomic E-state index is 12.8. The van der Waals surface area contributed by atoms with Crippen molar-refractivity contribution in [1.82, 2.24) is 4.31 Å². The fourth-order valence-corrected chi connectivity index (χ4v) is 4.94. The van der Waals surface area contributed by atoms with Crippen LogP contribution in [0, 0.1) is 5.92 Å². The van der Waals surface area contributed by atoms with E-state index in [4.69, 9.17) is 28.3 Å². The normalized spacial score (nSPS) is 15.7. The van der Waals surface area contributed by atoms with Gasteiger partial charge in [-0.1, -0.05) is 35.3 Å². The number of piperidine rings is 1. The smallest absolute Gasteiger partial charge is 0.306 e. The summed E-state index contributed by atoms with van der Waals surface area (Å²) in [6.07, 6.45) is 1.20. The Morgan fingerprint density at radius 1 is 1.14 bits per heavy atom. The molecule has 1 saturated heterocycles. The molecule has 2 aromatic carbocycles. The van der Waals surface area contributed by atoms with Crippen molar-refractivity contribution in [1.29, 1.82) is 0 Å². The zero-order valence-electron chi connectivity index (χ0n) is 15.9. The molecule has 1 aliphatic heterocycles. The molecule has 0 saturated carbocycles. The van der Waals surface area contributed by atoms with E-state index >= 15 is 0 Å². The lowest BCUT2D eigenvalue weighted by Crippen LogP contribution is -2.36. The third-order valence-corrected chi connectivity index (χ3v) is 7.66. The Balaban J connectivity index is 1.72. The number of hydrogen-bond donors (Lipinski definition) is 1. The Morgan fingerprint density at radius 3 is 2.45 bits per heavy atom. The highest BCUT2D eigenvalue weighted by atomic mass is 35.5. The van der Waals surface area contributed by atoms with Crippen LogP contribution in [0.3, 0.4) is 0 Å². The van der Waals surface area contributed by atoms with Gasteiger partial charge in [-0.15, -0.1) is 0 Å². The number of carboxylic acids is 1. The first-order valence-corrected chi connectivity index (χ1v) is 11.4. The summed E-state index contributed by atoms with van der Waals surface area (Å²) in [4.78, 5) is 13.3. The summed E-state index contributed by atoms with van der Waals surface area (Å²) in [5.41, 5.74) is 1.81. The molecule has 1 N–H and O–H groups in total. The summed E-state index contributed by atoms with van der Waals surface area (Å²) < 4.78 is 27.0. The van der Waals surface area contributed by atoms with Gasteiger partial charge in [0.25, 0.3) is 0 Å². The number of nitrogens with zero attached hydrogens (tertiary/aromatic N) is 2. The molecule has 1 fully saturated rings. The first-order chi connectivity index (χ1) is 13.7. The Hall–Kier alpha value is -1.80. The van der Waals surface area contributed by atoms with Crippen LogP contribution in [0.15, 0.2) is 47.4 Å². The lowest BCUT2D eigenvalue weighted by molar-refractivity contribution is -0.142. The van der Waals surface area contributed by atoms with E-state index in [1.54, 1.807) is 0 Å². The van der Waals surface area contributed by atoms with E-state index in [1.807, 2.05) is 24.3 Å². The minimum absolute atomic E-state index is 0.0845. The quantitative estimate of drug-likeness (QED) is 0.707. The predicted molar refractivity (Wildman–Crippen MR) is 114 cm³/mol. The highest BCUT2D eigenvalue weighted by molar-refractivity contribution is 7.89. The van der Waals surface area contributed by atoms with Gasteiger partial charge in [0, 0.05) is 32.4 Å². The summed E-state index contributed by atoms with van der Waals surface area (Å²) in [6.45, 7) is 1.53. The third-order valence-electron chi connectivity index (χ3n) is 5.12. The molecule has 156 valence electrons. The molecule has 3 rings (SSSR count). The Bertz CT molecular complexity index is 1010. The van der Waals surface area contributed by atoms with Crippen molar-refractivity contribution >= 4 is 44.9 Å². The minimum Gasteiger partial charge on any atom is -0.481 e. The van der Waals surface area contributed by atoms with Gasteiger partial charge < -0.3 is 10.0 Å². The zero-order valence-corrected chi connectivity index (χ0v) is 18.2. The van der Waals surface area contributed by atoms with Gasteiger partial charge in [-0.3, -0.25) is 4.79 Å². The van der Waals surface area contributed by atoms with E-state index in [0.717, 1.165) is 11.3 Å². The van der Waals surface area contributed by atoms with Crippen molar-refractivity contribution in [3.05, 3.63) is 58.1 Å². The fourth-order valence-electron chi connectivity index (χ4n) is 3.40. The van der Waals surface area contributed by atoms with Crippen molar-refractivity contribution in [2.24, 2.45) is 5.92 Å². The molecule has 0 unspecified atom stereocenters. The van der Waals surface area contributed by atoms with E-state index in [1.165, 1.54) is 29.6 Å². The van der Waals surface area contributed by atoms with Crippen LogP contribution in [0.5, 0.6) is 0 Å². The molecular weight excluding hydrogens is 435 g/mol. The predicted octanol–water partition coefficient (Wildman–Crippen LogP) is 4.12. The largest absolute Gasteiger partial charge is 0.481 e. The van der Waals surface area contributed by atoms with Crippen LogP contribution in [0.25, 0.3) is 0 Å².